The third kappa shape index (κ3) is 3.03. The Morgan fingerprint density at radius 1 is 1.39 bits per heavy atom. The molecule has 2 aliphatic rings. The van der Waals surface area contributed by atoms with Crippen molar-refractivity contribution in [1.82, 2.24) is 9.88 Å². The lowest BCUT2D eigenvalue weighted by molar-refractivity contribution is -0.129. The number of rotatable bonds is 3. The van der Waals surface area contributed by atoms with Crippen molar-refractivity contribution in [3.63, 3.8) is 0 Å². The van der Waals surface area contributed by atoms with E-state index in [4.69, 9.17) is 9.94 Å². The number of carbonyl (C=O) groups excluding carboxylic acids is 1. The molecular formula is C15H17N3O4S. The van der Waals surface area contributed by atoms with E-state index in [1.165, 1.54) is 11.8 Å². The van der Waals surface area contributed by atoms with Crippen LogP contribution in [0.25, 0.3) is 0 Å². The highest BCUT2D eigenvalue weighted by Gasteiger charge is 2.44. The lowest BCUT2D eigenvalue weighted by Gasteiger charge is -2.37. The van der Waals surface area contributed by atoms with Gasteiger partial charge in [0.15, 0.2) is 5.71 Å². The Morgan fingerprint density at radius 3 is 2.74 bits per heavy atom. The van der Waals surface area contributed by atoms with Gasteiger partial charge in [-0.25, -0.2) is 9.78 Å². The largest absolute Gasteiger partial charge is 0.477 e. The monoisotopic (exact) mass is 335 g/mol. The molecule has 1 saturated heterocycles. The minimum atomic E-state index is -1.04. The lowest BCUT2D eigenvalue weighted by atomic mass is 9.86. The first-order chi connectivity index (χ1) is 11.0. The van der Waals surface area contributed by atoms with Gasteiger partial charge in [-0.05, 0) is 18.4 Å². The van der Waals surface area contributed by atoms with Crippen LogP contribution >= 0.6 is 11.8 Å². The predicted molar refractivity (Wildman–Crippen MR) is 84.7 cm³/mol. The molecule has 1 spiro atoms. The number of piperidine rings is 1. The van der Waals surface area contributed by atoms with Crippen LogP contribution in [0, 0.1) is 0 Å². The second-order valence-electron chi connectivity index (χ2n) is 5.65. The molecule has 0 aromatic carbocycles. The van der Waals surface area contributed by atoms with Crippen molar-refractivity contribution in [2.24, 2.45) is 5.16 Å². The number of aromatic nitrogens is 1. The number of amides is 1. The van der Waals surface area contributed by atoms with Crippen LogP contribution in [0.5, 0.6) is 0 Å². The molecule has 0 atom stereocenters. The maximum absolute atomic E-state index is 12.7. The first-order valence-corrected chi connectivity index (χ1v) is 8.54. The summed E-state index contributed by atoms with van der Waals surface area (Å²) in [5.41, 5.74) is 0.0920. The van der Waals surface area contributed by atoms with Gasteiger partial charge in [0.1, 0.15) is 10.6 Å². The Labute approximate surface area is 137 Å². The van der Waals surface area contributed by atoms with Crippen LogP contribution in [0.3, 0.4) is 0 Å². The molecule has 0 bridgehead atoms. The fourth-order valence-corrected chi connectivity index (χ4v) is 3.45. The van der Waals surface area contributed by atoms with E-state index >= 15 is 0 Å². The standard InChI is InChI=1S/C15H17N3O4S/c1-23-12-10(3-2-6-16-12)13(19)18-7-4-15(5-8-18)9-11(14(20)21)17-22-15/h2-3,6H,4-5,7-9H2,1H3,(H,20,21). The van der Waals surface area contributed by atoms with Crippen molar-refractivity contribution < 1.29 is 19.5 Å². The third-order valence-corrected chi connectivity index (χ3v) is 4.95. The summed E-state index contributed by atoms with van der Waals surface area (Å²) in [5, 5.41) is 13.4. The average molecular weight is 335 g/mol. The Bertz CT molecular complexity index is 668. The molecular weight excluding hydrogens is 318 g/mol. The summed E-state index contributed by atoms with van der Waals surface area (Å²) in [6, 6.07) is 3.54. The van der Waals surface area contributed by atoms with Crippen LogP contribution in [0.2, 0.25) is 0 Å². The number of likely N-dealkylation sites (tertiary alicyclic amines) is 1. The van der Waals surface area contributed by atoms with E-state index < -0.39 is 11.6 Å². The minimum Gasteiger partial charge on any atom is -0.477 e. The summed E-state index contributed by atoms with van der Waals surface area (Å²) in [4.78, 5) is 35.0. The summed E-state index contributed by atoms with van der Waals surface area (Å²) < 4.78 is 0. The van der Waals surface area contributed by atoms with E-state index in [0.717, 1.165) is 0 Å². The fourth-order valence-electron chi connectivity index (χ4n) is 2.91. The van der Waals surface area contributed by atoms with E-state index in [0.29, 0.717) is 42.9 Å². The van der Waals surface area contributed by atoms with Crippen molar-refractivity contribution in [3.05, 3.63) is 23.9 Å². The van der Waals surface area contributed by atoms with Crippen molar-refractivity contribution in [2.75, 3.05) is 19.3 Å². The lowest BCUT2D eigenvalue weighted by Crippen LogP contribution is -2.47. The van der Waals surface area contributed by atoms with Gasteiger partial charge in [-0.2, -0.15) is 0 Å². The topological polar surface area (TPSA) is 92.1 Å². The van der Waals surface area contributed by atoms with Gasteiger partial charge < -0.3 is 14.8 Å². The smallest absolute Gasteiger partial charge is 0.353 e. The molecule has 0 aliphatic carbocycles. The van der Waals surface area contributed by atoms with Gasteiger partial charge in [-0.15, -0.1) is 11.8 Å². The number of carboxylic acids is 1. The zero-order valence-electron chi connectivity index (χ0n) is 12.7. The summed E-state index contributed by atoms with van der Waals surface area (Å²) >= 11 is 1.44. The maximum atomic E-state index is 12.7. The molecule has 3 heterocycles. The van der Waals surface area contributed by atoms with Crippen LogP contribution in [0.4, 0.5) is 0 Å². The van der Waals surface area contributed by atoms with Gasteiger partial charge in [-0.1, -0.05) is 5.16 Å². The number of hydrogen-bond acceptors (Lipinski definition) is 6. The number of oxime groups is 1. The number of thioether (sulfide) groups is 1. The quantitative estimate of drug-likeness (QED) is 0.844. The maximum Gasteiger partial charge on any atom is 0.353 e. The number of nitrogens with zero attached hydrogens (tertiary/aromatic N) is 3. The van der Waals surface area contributed by atoms with E-state index in [1.807, 2.05) is 6.26 Å². The van der Waals surface area contributed by atoms with Gasteiger partial charge in [-0.3, -0.25) is 4.79 Å². The molecule has 122 valence electrons. The van der Waals surface area contributed by atoms with Crippen molar-refractivity contribution >= 4 is 29.4 Å². The molecule has 1 N–H and O–H groups in total. The Hall–Kier alpha value is -2.09. The molecule has 1 aromatic rings. The normalized spacial score (nSPS) is 19.3. The number of carboxylic acid groups (broad SMARTS) is 1. The first-order valence-electron chi connectivity index (χ1n) is 7.31. The first kappa shape index (κ1) is 15.8. The van der Waals surface area contributed by atoms with E-state index in [2.05, 4.69) is 10.1 Å². The number of pyridine rings is 1. The zero-order valence-corrected chi connectivity index (χ0v) is 13.5. The van der Waals surface area contributed by atoms with Crippen LogP contribution in [-0.2, 0) is 9.63 Å². The highest BCUT2D eigenvalue weighted by atomic mass is 32.2. The number of aliphatic carboxylic acids is 1. The molecule has 3 rings (SSSR count). The molecule has 1 amide bonds. The molecule has 23 heavy (non-hydrogen) atoms. The highest BCUT2D eigenvalue weighted by Crippen LogP contribution is 2.35. The van der Waals surface area contributed by atoms with Crippen LogP contribution in [0.15, 0.2) is 28.5 Å². The Morgan fingerprint density at radius 2 is 2.13 bits per heavy atom. The molecule has 0 unspecified atom stereocenters. The molecule has 0 saturated carbocycles. The molecule has 7 nitrogen and oxygen atoms in total. The van der Waals surface area contributed by atoms with Crippen LogP contribution < -0.4 is 0 Å². The van der Waals surface area contributed by atoms with Crippen LogP contribution in [0.1, 0.15) is 29.6 Å². The van der Waals surface area contributed by atoms with Gasteiger partial charge in [0, 0.05) is 38.5 Å². The minimum absolute atomic E-state index is 0.0466. The van der Waals surface area contributed by atoms with Gasteiger partial charge in [0.05, 0.1) is 5.56 Å². The van der Waals surface area contributed by atoms with Gasteiger partial charge in [0.25, 0.3) is 5.91 Å². The highest BCUT2D eigenvalue weighted by molar-refractivity contribution is 7.98. The number of hydrogen-bond donors (Lipinski definition) is 1. The zero-order chi connectivity index (χ0) is 16.4. The SMILES string of the molecule is CSc1ncccc1C(=O)N1CCC2(CC1)CC(C(=O)O)=NO2. The third-order valence-electron chi connectivity index (χ3n) is 4.24. The number of carbonyl (C=O) groups is 2. The molecule has 1 aromatic heterocycles. The van der Waals surface area contributed by atoms with E-state index in [1.54, 1.807) is 23.2 Å². The molecule has 1 fully saturated rings. The van der Waals surface area contributed by atoms with Crippen molar-refractivity contribution in [1.29, 1.82) is 0 Å². The Balaban J connectivity index is 1.66. The summed E-state index contributed by atoms with van der Waals surface area (Å²) in [6.45, 7) is 1.04. The molecule has 8 heteroatoms. The van der Waals surface area contributed by atoms with Gasteiger partial charge >= 0.3 is 5.97 Å². The van der Waals surface area contributed by atoms with Crippen LogP contribution in [-0.4, -0.2) is 57.5 Å². The second kappa shape index (κ2) is 6.19. The van der Waals surface area contributed by atoms with E-state index in [9.17, 15) is 9.59 Å². The summed E-state index contributed by atoms with van der Waals surface area (Å²) in [5.74, 6) is -1.09. The molecule has 0 radical (unpaired) electrons. The summed E-state index contributed by atoms with van der Waals surface area (Å²) in [6.07, 6.45) is 5.02. The predicted octanol–water partition coefficient (Wildman–Crippen LogP) is 1.64. The van der Waals surface area contributed by atoms with Crippen molar-refractivity contribution in [3.8, 4) is 0 Å². The van der Waals surface area contributed by atoms with E-state index in [-0.39, 0.29) is 11.6 Å². The second-order valence-corrected chi connectivity index (χ2v) is 6.44. The Kier molecular flexibility index (Phi) is 4.25. The average Bonchev–Trinajstić information content (AvgIpc) is 2.99. The van der Waals surface area contributed by atoms with Crippen molar-refractivity contribution in [2.45, 2.75) is 29.9 Å². The van der Waals surface area contributed by atoms with Gasteiger partial charge in [0.2, 0.25) is 0 Å². The fraction of sp³-hybridized carbons (Fsp3) is 0.467. The molecule has 2 aliphatic heterocycles. The summed E-state index contributed by atoms with van der Waals surface area (Å²) in [7, 11) is 0.